The van der Waals surface area contributed by atoms with Crippen molar-refractivity contribution in [3.63, 3.8) is 0 Å². The molecule has 0 radical (unpaired) electrons. The minimum absolute atomic E-state index is 0.0670. The molecule has 0 aliphatic rings. The summed E-state index contributed by atoms with van der Waals surface area (Å²) in [6.07, 6.45) is 2.22. The molecule has 0 unspecified atom stereocenters. The van der Waals surface area contributed by atoms with Crippen LogP contribution >= 0.6 is 11.3 Å². The molecule has 0 spiro atoms. The fourth-order valence-corrected chi connectivity index (χ4v) is 3.30. The number of Topliss-reactive ketones (excluding diaryl/α,β-unsaturated/α-hetero) is 1. The Kier molecular flexibility index (Phi) is 4.54. The number of rotatable bonds is 5. The van der Waals surface area contributed by atoms with Crippen molar-refractivity contribution < 1.29 is 4.79 Å². The van der Waals surface area contributed by atoms with Crippen LogP contribution in [0.15, 0.2) is 36.4 Å². The second-order valence-electron chi connectivity index (χ2n) is 5.09. The van der Waals surface area contributed by atoms with Gasteiger partial charge in [0.1, 0.15) is 0 Å². The first-order valence-corrected chi connectivity index (χ1v) is 7.67. The van der Waals surface area contributed by atoms with Gasteiger partial charge in [-0.25, -0.2) is 0 Å². The maximum Gasteiger partial charge on any atom is 0.175 e. The molecule has 2 aromatic rings. The molecule has 1 heterocycles. The normalized spacial score (nSPS) is 10.9. The maximum atomic E-state index is 12.0. The molecule has 0 saturated heterocycles. The molecule has 1 nitrogen and oxygen atoms in total. The number of benzene rings is 1. The molecule has 0 fully saturated rings. The van der Waals surface area contributed by atoms with Crippen molar-refractivity contribution in [3.8, 4) is 10.4 Å². The predicted molar refractivity (Wildman–Crippen MR) is 82.9 cm³/mol. The number of aryl methyl sites for hydroxylation is 1. The van der Waals surface area contributed by atoms with Crippen LogP contribution in [0, 0.1) is 5.92 Å². The molecular formula is C17H20OS. The Morgan fingerprint density at radius 3 is 2.58 bits per heavy atom. The Labute approximate surface area is 119 Å². The van der Waals surface area contributed by atoms with Gasteiger partial charge in [-0.2, -0.15) is 0 Å². The third-order valence-corrected chi connectivity index (χ3v) is 4.31. The number of thiophene rings is 1. The number of carbonyl (C=O) groups is 1. The molecule has 0 saturated carbocycles. The highest BCUT2D eigenvalue weighted by atomic mass is 32.1. The summed E-state index contributed by atoms with van der Waals surface area (Å²) in [5.41, 5.74) is 2.65. The van der Waals surface area contributed by atoms with E-state index in [9.17, 15) is 4.79 Å². The van der Waals surface area contributed by atoms with Crippen molar-refractivity contribution in [2.24, 2.45) is 5.92 Å². The van der Waals surface area contributed by atoms with Gasteiger partial charge in [-0.1, -0.05) is 51.5 Å². The second-order valence-corrected chi connectivity index (χ2v) is 6.17. The number of carbonyl (C=O) groups excluding carboxylic acids is 1. The van der Waals surface area contributed by atoms with E-state index in [2.05, 4.69) is 37.3 Å². The Hall–Kier alpha value is -1.41. The van der Waals surface area contributed by atoms with E-state index in [1.54, 1.807) is 11.3 Å². The van der Waals surface area contributed by atoms with E-state index < -0.39 is 0 Å². The van der Waals surface area contributed by atoms with Crippen molar-refractivity contribution in [2.45, 2.75) is 33.6 Å². The van der Waals surface area contributed by atoms with Crippen molar-refractivity contribution in [2.75, 3.05) is 0 Å². The first-order chi connectivity index (χ1) is 9.13. The van der Waals surface area contributed by atoms with Gasteiger partial charge in [0.15, 0.2) is 5.78 Å². The monoisotopic (exact) mass is 272 g/mol. The van der Waals surface area contributed by atoms with Crippen LogP contribution in [0.1, 0.15) is 42.4 Å². The zero-order valence-electron chi connectivity index (χ0n) is 11.8. The summed E-state index contributed by atoms with van der Waals surface area (Å²) in [7, 11) is 0. The quantitative estimate of drug-likeness (QED) is 0.683. The van der Waals surface area contributed by atoms with Crippen LogP contribution in [0.25, 0.3) is 10.4 Å². The smallest absolute Gasteiger partial charge is 0.175 e. The van der Waals surface area contributed by atoms with Gasteiger partial charge >= 0.3 is 0 Å². The molecule has 0 bridgehead atoms. The van der Waals surface area contributed by atoms with E-state index in [1.165, 1.54) is 16.0 Å². The summed E-state index contributed by atoms with van der Waals surface area (Å²) < 4.78 is 0. The van der Waals surface area contributed by atoms with E-state index in [1.807, 2.05) is 19.9 Å². The molecule has 0 N–H and O–H groups in total. The molecule has 0 aliphatic carbocycles. The Bertz CT molecular complexity index is 566. The van der Waals surface area contributed by atoms with E-state index in [0.717, 1.165) is 17.7 Å². The SMILES string of the molecule is CCCc1ccccc1-c1ccc(C(=O)C(C)C)s1. The summed E-state index contributed by atoms with van der Waals surface area (Å²) in [6.45, 7) is 6.10. The van der Waals surface area contributed by atoms with Crippen LogP contribution in [-0.2, 0) is 6.42 Å². The van der Waals surface area contributed by atoms with Gasteiger partial charge in [-0.3, -0.25) is 4.79 Å². The standard InChI is InChI=1S/C17H20OS/c1-4-7-13-8-5-6-9-14(13)15-10-11-16(19-15)17(18)12(2)3/h5-6,8-12H,4,7H2,1-3H3. The molecule has 0 aliphatic heterocycles. The van der Waals surface area contributed by atoms with Crippen LogP contribution in [0.5, 0.6) is 0 Å². The van der Waals surface area contributed by atoms with Gasteiger partial charge in [0.05, 0.1) is 4.88 Å². The highest BCUT2D eigenvalue weighted by Gasteiger charge is 2.14. The average molecular weight is 272 g/mol. The molecule has 19 heavy (non-hydrogen) atoms. The van der Waals surface area contributed by atoms with Crippen LogP contribution in [0.4, 0.5) is 0 Å². The second kappa shape index (κ2) is 6.16. The molecule has 0 atom stereocenters. The summed E-state index contributed by atoms with van der Waals surface area (Å²) in [4.78, 5) is 14.1. The highest BCUT2D eigenvalue weighted by molar-refractivity contribution is 7.17. The van der Waals surface area contributed by atoms with Gasteiger partial charge in [-0.15, -0.1) is 11.3 Å². The number of ketones is 1. The van der Waals surface area contributed by atoms with Gasteiger partial charge < -0.3 is 0 Å². The van der Waals surface area contributed by atoms with Crippen molar-refractivity contribution in [1.82, 2.24) is 0 Å². The van der Waals surface area contributed by atoms with Crippen molar-refractivity contribution in [3.05, 3.63) is 46.8 Å². The number of hydrogen-bond acceptors (Lipinski definition) is 2. The zero-order chi connectivity index (χ0) is 13.8. The maximum absolute atomic E-state index is 12.0. The first kappa shape index (κ1) is 14.0. The highest BCUT2D eigenvalue weighted by Crippen LogP contribution is 2.32. The molecule has 0 amide bonds. The molecule has 1 aromatic carbocycles. The van der Waals surface area contributed by atoms with Gasteiger partial charge in [0.25, 0.3) is 0 Å². The van der Waals surface area contributed by atoms with Crippen molar-refractivity contribution >= 4 is 17.1 Å². The molecular weight excluding hydrogens is 252 g/mol. The van der Waals surface area contributed by atoms with Gasteiger partial charge in [-0.05, 0) is 29.7 Å². The Balaban J connectivity index is 2.35. The lowest BCUT2D eigenvalue weighted by atomic mass is 10.0. The molecule has 1 aromatic heterocycles. The Morgan fingerprint density at radius 2 is 1.89 bits per heavy atom. The third-order valence-electron chi connectivity index (χ3n) is 3.18. The fourth-order valence-electron chi connectivity index (χ4n) is 2.15. The summed E-state index contributed by atoms with van der Waals surface area (Å²) >= 11 is 1.61. The number of hydrogen-bond donors (Lipinski definition) is 0. The van der Waals surface area contributed by atoms with Crippen LogP contribution < -0.4 is 0 Å². The summed E-state index contributed by atoms with van der Waals surface area (Å²) in [5.74, 6) is 0.307. The minimum atomic E-state index is 0.0670. The largest absolute Gasteiger partial charge is 0.293 e. The summed E-state index contributed by atoms with van der Waals surface area (Å²) in [6, 6.07) is 12.5. The average Bonchev–Trinajstić information content (AvgIpc) is 2.88. The van der Waals surface area contributed by atoms with Crippen molar-refractivity contribution in [1.29, 1.82) is 0 Å². The molecule has 2 rings (SSSR count). The zero-order valence-corrected chi connectivity index (χ0v) is 12.6. The predicted octanol–water partition coefficient (Wildman–Crippen LogP) is 5.21. The third kappa shape index (κ3) is 3.13. The van der Waals surface area contributed by atoms with Crippen LogP contribution in [0.2, 0.25) is 0 Å². The lowest BCUT2D eigenvalue weighted by Gasteiger charge is -2.06. The van der Waals surface area contributed by atoms with Crippen LogP contribution in [0.3, 0.4) is 0 Å². The topological polar surface area (TPSA) is 17.1 Å². The van der Waals surface area contributed by atoms with E-state index in [-0.39, 0.29) is 11.7 Å². The van der Waals surface area contributed by atoms with E-state index in [0.29, 0.717) is 0 Å². The van der Waals surface area contributed by atoms with Crippen LogP contribution in [-0.4, -0.2) is 5.78 Å². The fraction of sp³-hybridized carbons (Fsp3) is 0.353. The van der Waals surface area contributed by atoms with E-state index in [4.69, 9.17) is 0 Å². The minimum Gasteiger partial charge on any atom is -0.293 e. The molecule has 100 valence electrons. The van der Waals surface area contributed by atoms with Gasteiger partial charge in [0, 0.05) is 10.8 Å². The van der Waals surface area contributed by atoms with E-state index >= 15 is 0 Å². The van der Waals surface area contributed by atoms with Gasteiger partial charge in [0.2, 0.25) is 0 Å². The summed E-state index contributed by atoms with van der Waals surface area (Å²) in [5, 5.41) is 0. The lowest BCUT2D eigenvalue weighted by Crippen LogP contribution is -2.04. The first-order valence-electron chi connectivity index (χ1n) is 6.85. The lowest BCUT2D eigenvalue weighted by molar-refractivity contribution is 0.0943. The molecule has 2 heteroatoms. The Morgan fingerprint density at radius 1 is 1.16 bits per heavy atom.